The Hall–Kier alpha value is -1.35. The first-order valence-corrected chi connectivity index (χ1v) is 8.37. The van der Waals surface area contributed by atoms with Crippen molar-refractivity contribution in [1.29, 1.82) is 0 Å². The zero-order valence-corrected chi connectivity index (χ0v) is 13.6. The molecule has 1 fully saturated rings. The summed E-state index contributed by atoms with van der Waals surface area (Å²) < 4.78 is 0. The van der Waals surface area contributed by atoms with Crippen LogP contribution < -0.4 is 0 Å². The Morgan fingerprint density at radius 1 is 0.955 bits per heavy atom. The van der Waals surface area contributed by atoms with Gasteiger partial charge in [0.05, 0.1) is 0 Å². The van der Waals surface area contributed by atoms with Gasteiger partial charge in [-0.3, -0.25) is 4.90 Å². The molecule has 2 atom stereocenters. The van der Waals surface area contributed by atoms with Gasteiger partial charge in [-0.15, -0.1) is 0 Å². The number of piperazine rings is 1. The van der Waals surface area contributed by atoms with Crippen LogP contribution in [-0.2, 0) is 0 Å². The van der Waals surface area contributed by atoms with Crippen molar-refractivity contribution < 1.29 is 0 Å². The highest BCUT2D eigenvalue weighted by molar-refractivity contribution is 6.30. The second-order valence-corrected chi connectivity index (χ2v) is 6.95. The summed E-state index contributed by atoms with van der Waals surface area (Å²) in [7, 11) is 2.23. The van der Waals surface area contributed by atoms with Gasteiger partial charge in [-0.05, 0) is 35.9 Å². The molecule has 0 unspecified atom stereocenters. The first kappa shape index (κ1) is 14.3. The molecule has 2 nitrogen and oxygen atoms in total. The second kappa shape index (κ2) is 5.69. The molecule has 2 aliphatic rings. The quantitative estimate of drug-likeness (QED) is 0.791. The molecule has 2 aliphatic heterocycles. The fourth-order valence-corrected chi connectivity index (χ4v) is 4.14. The first-order chi connectivity index (χ1) is 10.7. The number of hydrogen-bond donors (Lipinski definition) is 0. The van der Waals surface area contributed by atoms with Crippen LogP contribution in [-0.4, -0.2) is 43.0 Å². The molecule has 2 heterocycles. The van der Waals surface area contributed by atoms with Gasteiger partial charge in [-0.1, -0.05) is 48.0 Å². The van der Waals surface area contributed by atoms with E-state index in [1.807, 2.05) is 6.07 Å². The van der Waals surface area contributed by atoms with Crippen LogP contribution in [0.3, 0.4) is 0 Å². The number of likely N-dealkylation sites (N-methyl/N-ethyl adjacent to an activating group) is 1. The van der Waals surface area contributed by atoms with Crippen LogP contribution in [0.25, 0.3) is 0 Å². The van der Waals surface area contributed by atoms with Gasteiger partial charge >= 0.3 is 0 Å². The van der Waals surface area contributed by atoms with Crippen LogP contribution >= 0.6 is 11.6 Å². The lowest BCUT2D eigenvalue weighted by Gasteiger charge is -2.46. The molecule has 22 heavy (non-hydrogen) atoms. The number of fused-ring (bicyclic) bond motifs is 3. The highest BCUT2D eigenvalue weighted by Crippen LogP contribution is 2.40. The topological polar surface area (TPSA) is 6.48 Å². The van der Waals surface area contributed by atoms with Gasteiger partial charge in [0.15, 0.2) is 0 Å². The maximum absolute atomic E-state index is 6.23. The van der Waals surface area contributed by atoms with Crippen LogP contribution in [0, 0.1) is 0 Å². The minimum absolute atomic E-state index is 0.426. The summed E-state index contributed by atoms with van der Waals surface area (Å²) in [6.07, 6.45) is 0. The molecule has 0 spiro atoms. The Balaban J connectivity index is 1.79. The van der Waals surface area contributed by atoms with Gasteiger partial charge in [-0.2, -0.15) is 0 Å². The van der Waals surface area contributed by atoms with Crippen LogP contribution in [0.5, 0.6) is 0 Å². The van der Waals surface area contributed by atoms with Crippen molar-refractivity contribution in [3.05, 3.63) is 70.2 Å². The molecule has 2 aromatic carbocycles. The summed E-state index contributed by atoms with van der Waals surface area (Å²) in [6.45, 7) is 4.52. The highest BCUT2D eigenvalue weighted by atomic mass is 35.5. The lowest BCUT2D eigenvalue weighted by molar-refractivity contribution is 0.0772. The van der Waals surface area contributed by atoms with Gasteiger partial charge in [0, 0.05) is 43.2 Å². The number of rotatable bonds is 1. The van der Waals surface area contributed by atoms with E-state index >= 15 is 0 Å². The zero-order valence-electron chi connectivity index (χ0n) is 12.9. The van der Waals surface area contributed by atoms with Crippen molar-refractivity contribution in [3.63, 3.8) is 0 Å². The normalized spacial score (nSPS) is 25.5. The molecule has 0 saturated carbocycles. The number of benzene rings is 2. The van der Waals surface area contributed by atoms with E-state index in [-0.39, 0.29) is 0 Å². The predicted molar refractivity (Wildman–Crippen MR) is 91.5 cm³/mol. The summed E-state index contributed by atoms with van der Waals surface area (Å²) in [4.78, 5) is 5.09. The van der Waals surface area contributed by atoms with Crippen molar-refractivity contribution in [2.24, 2.45) is 0 Å². The minimum Gasteiger partial charge on any atom is -0.303 e. The molecule has 0 radical (unpaired) electrons. The van der Waals surface area contributed by atoms with Gasteiger partial charge in [0.1, 0.15) is 0 Å². The van der Waals surface area contributed by atoms with Gasteiger partial charge in [0.2, 0.25) is 0 Å². The van der Waals surface area contributed by atoms with Gasteiger partial charge < -0.3 is 4.90 Å². The molecule has 0 aromatic heterocycles. The molecule has 2 aromatic rings. The Labute approximate surface area is 137 Å². The lowest BCUT2D eigenvalue weighted by atomic mass is 9.80. The Kier molecular flexibility index (Phi) is 3.69. The Bertz CT molecular complexity index is 685. The Morgan fingerprint density at radius 3 is 2.59 bits per heavy atom. The average molecular weight is 313 g/mol. The van der Waals surface area contributed by atoms with Gasteiger partial charge in [0.25, 0.3) is 0 Å². The predicted octanol–water partition coefficient (Wildman–Crippen LogP) is 3.77. The summed E-state index contributed by atoms with van der Waals surface area (Å²) in [5.41, 5.74) is 4.30. The van der Waals surface area contributed by atoms with Crippen molar-refractivity contribution in [2.45, 2.75) is 12.0 Å². The van der Waals surface area contributed by atoms with Gasteiger partial charge in [-0.25, -0.2) is 0 Å². The number of nitrogens with zero attached hydrogens (tertiary/aromatic N) is 2. The molecule has 0 aliphatic carbocycles. The number of halogens is 1. The van der Waals surface area contributed by atoms with Crippen molar-refractivity contribution in [2.75, 3.05) is 33.2 Å². The molecule has 0 amide bonds. The fourth-order valence-electron chi connectivity index (χ4n) is 3.94. The third-order valence-electron chi connectivity index (χ3n) is 5.09. The molecular weight excluding hydrogens is 292 g/mol. The van der Waals surface area contributed by atoms with E-state index in [0.717, 1.165) is 31.2 Å². The zero-order chi connectivity index (χ0) is 15.1. The minimum atomic E-state index is 0.426. The molecule has 1 saturated heterocycles. The maximum Gasteiger partial charge on any atom is 0.0478 e. The van der Waals surface area contributed by atoms with E-state index in [4.69, 9.17) is 11.6 Å². The molecule has 0 N–H and O–H groups in total. The van der Waals surface area contributed by atoms with Crippen molar-refractivity contribution in [1.82, 2.24) is 9.80 Å². The van der Waals surface area contributed by atoms with E-state index in [2.05, 4.69) is 59.3 Å². The third-order valence-corrected chi connectivity index (χ3v) is 5.33. The summed E-state index contributed by atoms with van der Waals surface area (Å²) in [5.74, 6) is 0.426. The lowest BCUT2D eigenvalue weighted by Crippen LogP contribution is -2.50. The van der Waals surface area contributed by atoms with E-state index in [9.17, 15) is 0 Å². The monoisotopic (exact) mass is 312 g/mol. The molecule has 3 heteroatoms. The van der Waals surface area contributed by atoms with Crippen LogP contribution in [0.1, 0.15) is 28.7 Å². The molecular formula is C19H21ClN2. The highest BCUT2D eigenvalue weighted by Gasteiger charge is 2.36. The molecule has 4 rings (SSSR count). The maximum atomic E-state index is 6.23. The van der Waals surface area contributed by atoms with E-state index in [0.29, 0.717) is 12.0 Å². The molecule has 0 bridgehead atoms. The second-order valence-electron chi connectivity index (χ2n) is 6.51. The van der Waals surface area contributed by atoms with Crippen LogP contribution in [0.4, 0.5) is 0 Å². The number of hydrogen-bond acceptors (Lipinski definition) is 2. The smallest absolute Gasteiger partial charge is 0.0478 e. The molecule has 114 valence electrons. The van der Waals surface area contributed by atoms with Crippen LogP contribution in [0.2, 0.25) is 5.02 Å². The summed E-state index contributed by atoms with van der Waals surface area (Å²) in [5, 5.41) is 0.829. The van der Waals surface area contributed by atoms with Crippen molar-refractivity contribution >= 4 is 11.6 Å². The van der Waals surface area contributed by atoms with E-state index < -0.39 is 0 Å². The average Bonchev–Trinajstić information content (AvgIpc) is 2.54. The summed E-state index contributed by atoms with van der Waals surface area (Å²) in [6, 6.07) is 17.8. The Morgan fingerprint density at radius 2 is 1.77 bits per heavy atom. The van der Waals surface area contributed by atoms with Crippen LogP contribution in [0.15, 0.2) is 48.5 Å². The third kappa shape index (κ3) is 2.45. The first-order valence-electron chi connectivity index (χ1n) is 7.99. The van der Waals surface area contributed by atoms with E-state index in [1.165, 1.54) is 16.7 Å². The van der Waals surface area contributed by atoms with Crippen molar-refractivity contribution in [3.8, 4) is 0 Å². The SMILES string of the molecule is CN1CCN2C[C@H](c3cccc(Cl)c3)c3ccccc3[C@@H]2C1. The largest absolute Gasteiger partial charge is 0.303 e. The van der Waals surface area contributed by atoms with E-state index in [1.54, 1.807) is 0 Å². The standard InChI is InChI=1S/C19H21ClN2/c1-21-9-10-22-12-18(14-5-4-6-15(20)11-14)16-7-2-3-8-17(16)19(22)13-21/h2-8,11,18-19H,9-10,12-13H2,1H3/t18-,19+/m1/s1. The fraction of sp³-hybridized carbons (Fsp3) is 0.368. The summed E-state index contributed by atoms with van der Waals surface area (Å²) >= 11 is 6.23.